The lowest BCUT2D eigenvalue weighted by molar-refractivity contribution is -0.0919. The number of hydrogen-bond donors (Lipinski definition) is 3. The fraction of sp³-hybridized carbons (Fsp3) is 1.00. The molecule has 1 heterocycles. The summed E-state index contributed by atoms with van der Waals surface area (Å²) in [5.74, 6) is 0. The Hall–Kier alpha value is -0.200. The van der Waals surface area contributed by atoms with Gasteiger partial charge in [0.15, 0.2) is 0 Å². The van der Waals surface area contributed by atoms with Gasteiger partial charge in [0.25, 0.3) is 0 Å². The van der Waals surface area contributed by atoms with Crippen LogP contribution in [0.3, 0.4) is 0 Å². The molecule has 2 rings (SSSR count). The monoisotopic (exact) mass is 216 g/mol. The largest absolute Gasteiger partial charge is 0.390 e. The Morgan fingerprint density at radius 2 is 1.80 bits per heavy atom. The SMILES string of the molecule is N[C@@H]1CC[C@H](O)[C@H](O)[C@H]1N1CCOCC1. The molecule has 1 saturated carbocycles. The van der Waals surface area contributed by atoms with Gasteiger partial charge < -0.3 is 20.7 Å². The summed E-state index contributed by atoms with van der Waals surface area (Å²) in [5.41, 5.74) is 6.01. The van der Waals surface area contributed by atoms with E-state index in [1.165, 1.54) is 0 Å². The van der Waals surface area contributed by atoms with Gasteiger partial charge in [-0.25, -0.2) is 0 Å². The molecule has 0 spiro atoms. The minimum absolute atomic E-state index is 0.0403. The molecular weight excluding hydrogens is 196 g/mol. The maximum Gasteiger partial charge on any atom is 0.0968 e. The summed E-state index contributed by atoms with van der Waals surface area (Å²) in [6, 6.07) is -0.154. The first-order valence-electron chi connectivity index (χ1n) is 5.63. The van der Waals surface area contributed by atoms with Crippen LogP contribution in [0.25, 0.3) is 0 Å². The molecule has 4 N–H and O–H groups in total. The smallest absolute Gasteiger partial charge is 0.0968 e. The Bertz CT molecular complexity index is 209. The number of nitrogens with zero attached hydrogens (tertiary/aromatic N) is 1. The van der Waals surface area contributed by atoms with Crippen molar-refractivity contribution in [2.24, 2.45) is 5.73 Å². The Morgan fingerprint density at radius 1 is 1.13 bits per heavy atom. The van der Waals surface area contributed by atoms with Crippen molar-refractivity contribution in [3.63, 3.8) is 0 Å². The molecule has 0 aromatic rings. The molecule has 5 nitrogen and oxygen atoms in total. The maximum atomic E-state index is 9.95. The average Bonchev–Trinajstić information content (AvgIpc) is 2.26. The Morgan fingerprint density at radius 3 is 2.47 bits per heavy atom. The Kier molecular flexibility index (Phi) is 3.58. The first kappa shape index (κ1) is 11.3. The molecule has 1 aliphatic heterocycles. The van der Waals surface area contributed by atoms with Crippen molar-refractivity contribution in [2.45, 2.75) is 37.1 Å². The van der Waals surface area contributed by atoms with Crippen molar-refractivity contribution in [3.05, 3.63) is 0 Å². The minimum Gasteiger partial charge on any atom is -0.390 e. The molecule has 4 atom stereocenters. The third kappa shape index (κ3) is 2.32. The zero-order valence-corrected chi connectivity index (χ0v) is 8.88. The second kappa shape index (κ2) is 4.76. The lowest BCUT2D eigenvalue weighted by Crippen LogP contribution is -2.62. The number of nitrogens with two attached hydrogens (primary N) is 1. The highest BCUT2D eigenvalue weighted by molar-refractivity contribution is 4.96. The lowest BCUT2D eigenvalue weighted by atomic mass is 9.85. The van der Waals surface area contributed by atoms with Crippen molar-refractivity contribution in [1.29, 1.82) is 0 Å². The van der Waals surface area contributed by atoms with Crippen LogP contribution in [0.4, 0.5) is 0 Å². The molecule has 88 valence electrons. The molecule has 1 saturated heterocycles. The van der Waals surface area contributed by atoms with E-state index in [0.717, 1.165) is 19.5 Å². The topological polar surface area (TPSA) is 79.0 Å². The van der Waals surface area contributed by atoms with Crippen molar-refractivity contribution in [2.75, 3.05) is 26.3 Å². The Balaban J connectivity index is 2.02. The predicted molar refractivity (Wildman–Crippen MR) is 55.4 cm³/mol. The number of rotatable bonds is 1. The van der Waals surface area contributed by atoms with Gasteiger partial charge in [0, 0.05) is 19.1 Å². The van der Waals surface area contributed by atoms with E-state index in [1.54, 1.807) is 0 Å². The van der Waals surface area contributed by atoms with Crippen LogP contribution in [0.15, 0.2) is 0 Å². The predicted octanol–water partition coefficient (Wildman–Crippen LogP) is -1.47. The highest BCUT2D eigenvalue weighted by Crippen LogP contribution is 2.23. The van der Waals surface area contributed by atoms with E-state index >= 15 is 0 Å². The summed E-state index contributed by atoms with van der Waals surface area (Å²) in [7, 11) is 0. The van der Waals surface area contributed by atoms with Crippen molar-refractivity contribution < 1.29 is 14.9 Å². The van der Waals surface area contributed by atoms with Crippen LogP contribution in [0.1, 0.15) is 12.8 Å². The van der Waals surface area contributed by atoms with E-state index in [2.05, 4.69) is 4.90 Å². The van der Waals surface area contributed by atoms with Crippen LogP contribution < -0.4 is 5.73 Å². The lowest BCUT2D eigenvalue weighted by Gasteiger charge is -2.44. The number of aliphatic hydroxyl groups excluding tert-OH is 2. The van der Waals surface area contributed by atoms with Gasteiger partial charge >= 0.3 is 0 Å². The van der Waals surface area contributed by atoms with E-state index in [1.807, 2.05) is 0 Å². The quantitative estimate of drug-likeness (QED) is 0.499. The van der Waals surface area contributed by atoms with E-state index in [9.17, 15) is 10.2 Å². The molecule has 15 heavy (non-hydrogen) atoms. The molecule has 2 fully saturated rings. The summed E-state index contributed by atoms with van der Waals surface area (Å²) in [5, 5.41) is 19.6. The molecule has 0 amide bonds. The van der Waals surface area contributed by atoms with E-state index in [-0.39, 0.29) is 12.1 Å². The second-order valence-electron chi connectivity index (χ2n) is 4.44. The van der Waals surface area contributed by atoms with Crippen LogP contribution in [0, 0.1) is 0 Å². The van der Waals surface area contributed by atoms with Gasteiger partial charge in [0.05, 0.1) is 31.5 Å². The van der Waals surface area contributed by atoms with Gasteiger partial charge in [-0.2, -0.15) is 0 Å². The summed E-state index contributed by atoms with van der Waals surface area (Å²) >= 11 is 0. The number of morpholine rings is 1. The molecule has 0 aromatic carbocycles. The summed E-state index contributed by atoms with van der Waals surface area (Å²) < 4.78 is 5.26. The molecular formula is C10H20N2O3. The van der Waals surface area contributed by atoms with E-state index in [4.69, 9.17) is 10.5 Å². The third-order valence-electron chi connectivity index (χ3n) is 3.45. The highest BCUT2D eigenvalue weighted by Gasteiger charge is 2.39. The number of ether oxygens (including phenoxy) is 1. The van der Waals surface area contributed by atoms with E-state index in [0.29, 0.717) is 19.6 Å². The van der Waals surface area contributed by atoms with Crippen LogP contribution in [0.5, 0.6) is 0 Å². The summed E-state index contributed by atoms with van der Waals surface area (Å²) in [6.45, 7) is 2.96. The molecule has 0 bridgehead atoms. The van der Waals surface area contributed by atoms with Crippen LogP contribution >= 0.6 is 0 Å². The molecule has 0 radical (unpaired) electrons. The third-order valence-corrected chi connectivity index (χ3v) is 3.45. The number of aliphatic hydroxyl groups is 2. The van der Waals surface area contributed by atoms with Gasteiger partial charge in [0.1, 0.15) is 0 Å². The molecule has 0 unspecified atom stereocenters. The molecule has 0 aromatic heterocycles. The van der Waals surface area contributed by atoms with Crippen molar-refractivity contribution in [3.8, 4) is 0 Å². The molecule has 1 aliphatic carbocycles. The first-order chi connectivity index (χ1) is 7.20. The zero-order valence-electron chi connectivity index (χ0n) is 8.88. The second-order valence-corrected chi connectivity index (χ2v) is 4.44. The number of hydrogen-bond acceptors (Lipinski definition) is 5. The first-order valence-corrected chi connectivity index (χ1v) is 5.63. The van der Waals surface area contributed by atoms with Crippen molar-refractivity contribution >= 4 is 0 Å². The zero-order chi connectivity index (χ0) is 10.8. The van der Waals surface area contributed by atoms with Gasteiger partial charge in [-0.3, -0.25) is 4.90 Å². The van der Waals surface area contributed by atoms with Crippen LogP contribution in [0.2, 0.25) is 0 Å². The highest BCUT2D eigenvalue weighted by atomic mass is 16.5. The van der Waals surface area contributed by atoms with Gasteiger partial charge in [-0.1, -0.05) is 0 Å². The fourth-order valence-electron chi connectivity index (χ4n) is 2.55. The van der Waals surface area contributed by atoms with E-state index < -0.39 is 12.2 Å². The van der Waals surface area contributed by atoms with Crippen molar-refractivity contribution in [1.82, 2.24) is 4.90 Å². The fourth-order valence-corrected chi connectivity index (χ4v) is 2.55. The standard InChI is InChI=1S/C10H20N2O3/c11-7-1-2-8(13)10(14)9(7)12-3-5-15-6-4-12/h7-10,13-14H,1-6,11H2/t7-,8+,9+,10+/m1/s1. The van der Waals surface area contributed by atoms with Gasteiger partial charge in [0.2, 0.25) is 0 Å². The normalized spacial score (nSPS) is 44.2. The van der Waals surface area contributed by atoms with Crippen LogP contribution in [-0.4, -0.2) is 65.7 Å². The van der Waals surface area contributed by atoms with Gasteiger partial charge in [-0.15, -0.1) is 0 Å². The summed E-state index contributed by atoms with van der Waals surface area (Å²) in [6.07, 6.45) is 0.0353. The van der Waals surface area contributed by atoms with Crippen LogP contribution in [-0.2, 0) is 4.74 Å². The average molecular weight is 216 g/mol. The summed E-state index contributed by atoms with van der Waals surface area (Å²) in [4.78, 5) is 2.14. The Labute approximate surface area is 89.8 Å². The van der Waals surface area contributed by atoms with Gasteiger partial charge in [-0.05, 0) is 12.8 Å². The molecule has 5 heteroatoms. The minimum atomic E-state index is -0.716. The maximum absolute atomic E-state index is 9.95. The molecule has 2 aliphatic rings.